The van der Waals surface area contributed by atoms with Gasteiger partial charge in [0, 0.05) is 23.7 Å². The van der Waals surface area contributed by atoms with Gasteiger partial charge < -0.3 is 4.98 Å². The van der Waals surface area contributed by atoms with Gasteiger partial charge in [-0.05, 0) is 6.07 Å². The zero-order chi connectivity index (χ0) is 16.3. The van der Waals surface area contributed by atoms with Gasteiger partial charge in [0.2, 0.25) is 10.0 Å². The predicted molar refractivity (Wildman–Crippen MR) is 81.4 cm³/mol. The summed E-state index contributed by atoms with van der Waals surface area (Å²) in [5.74, 6) is 4.49. The molecule has 112 valence electrons. The molecular formula is C14H11N3O4S. The van der Waals surface area contributed by atoms with Crippen LogP contribution in [0, 0.1) is 34.8 Å². The SMILES string of the molecule is C#CCN(CC#C)S(=O)(=O)c1c[nH]c2cc([N+](=O)[O-])ccc12. The van der Waals surface area contributed by atoms with Crippen LogP contribution in [0.15, 0.2) is 29.3 Å². The first-order chi connectivity index (χ1) is 10.4. The number of aromatic amines is 1. The van der Waals surface area contributed by atoms with Crippen molar-refractivity contribution in [2.75, 3.05) is 13.1 Å². The van der Waals surface area contributed by atoms with Crippen molar-refractivity contribution in [3.05, 3.63) is 34.5 Å². The monoisotopic (exact) mass is 317 g/mol. The molecule has 0 aliphatic carbocycles. The first kappa shape index (κ1) is 15.6. The highest BCUT2D eigenvalue weighted by Crippen LogP contribution is 2.28. The minimum absolute atomic E-state index is 0.0251. The normalized spacial score (nSPS) is 11.2. The van der Waals surface area contributed by atoms with E-state index in [4.69, 9.17) is 12.8 Å². The van der Waals surface area contributed by atoms with Crippen LogP contribution in [0.2, 0.25) is 0 Å². The summed E-state index contributed by atoms with van der Waals surface area (Å²) in [4.78, 5) is 12.9. The molecule has 1 N–H and O–H groups in total. The van der Waals surface area contributed by atoms with E-state index < -0.39 is 14.9 Å². The second kappa shape index (κ2) is 5.90. The third-order valence-corrected chi connectivity index (χ3v) is 4.82. The standard InChI is InChI=1S/C14H11N3O4S/c1-3-7-16(8-4-2)22(20,21)14-10-15-13-9-11(17(18)19)5-6-12(13)14/h1-2,5-6,9-10,15H,7-8H2. The lowest BCUT2D eigenvalue weighted by atomic mass is 10.2. The average molecular weight is 317 g/mol. The molecule has 22 heavy (non-hydrogen) atoms. The molecule has 1 heterocycles. The lowest BCUT2D eigenvalue weighted by Gasteiger charge is -2.16. The van der Waals surface area contributed by atoms with E-state index in [1.54, 1.807) is 0 Å². The van der Waals surface area contributed by atoms with Crippen LogP contribution in [0.3, 0.4) is 0 Å². The number of hydrogen-bond acceptors (Lipinski definition) is 4. The van der Waals surface area contributed by atoms with E-state index in [9.17, 15) is 18.5 Å². The Labute approximate surface area is 127 Å². The van der Waals surface area contributed by atoms with Crippen LogP contribution >= 0.6 is 0 Å². The molecule has 0 atom stereocenters. The van der Waals surface area contributed by atoms with Crippen molar-refractivity contribution in [3.63, 3.8) is 0 Å². The Hall–Kier alpha value is -2.81. The summed E-state index contributed by atoms with van der Waals surface area (Å²) < 4.78 is 26.2. The number of rotatable bonds is 5. The molecule has 0 saturated carbocycles. The quantitative estimate of drug-likeness (QED) is 0.511. The molecule has 0 radical (unpaired) electrons. The van der Waals surface area contributed by atoms with Crippen LogP contribution in [0.4, 0.5) is 5.69 Å². The molecule has 1 aromatic carbocycles. The highest BCUT2D eigenvalue weighted by Gasteiger charge is 2.26. The number of sulfonamides is 1. The summed E-state index contributed by atoms with van der Waals surface area (Å²) in [5, 5.41) is 11.1. The highest BCUT2D eigenvalue weighted by molar-refractivity contribution is 7.89. The molecular weight excluding hydrogens is 306 g/mol. The van der Waals surface area contributed by atoms with Crippen molar-refractivity contribution in [3.8, 4) is 24.7 Å². The van der Waals surface area contributed by atoms with Crippen LogP contribution in [0.5, 0.6) is 0 Å². The Morgan fingerprint density at radius 2 is 1.91 bits per heavy atom. The Morgan fingerprint density at radius 3 is 2.45 bits per heavy atom. The van der Waals surface area contributed by atoms with Crippen molar-refractivity contribution in [2.24, 2.45) is 0 Å². The number of H-pyrrole nitrogens is 1. The Morgan fingerprint density at radius 1 is 1.27 bits per heavy atom. The van der Waals surface area contributed by atoms with Crippen LogP contribution in [0.25, 0.3) is 10.9 Å². The second-order valence-corrected chi connectivity index (χ2v) is 6.23. The fourth-order valence-electron chi connectivity index (χ4n) is 1.98. The second-order valence-electron chi connectivity index (χ2n) is 4.32. The first-order valence-electron chi connectivity index (χ1n) is 6.04. The van der Waals surface area contributed by atoms with E-state index in [1.807, 2.05) is 0 Å². The predicted octanol–water partition coefficient (Wildman–Crippen LogP) is 1.33. The van der Waals surface area contributed by atoms with Crippen molar-refractivity contribution in [1.82, 2.24) is 9.29 Å². The van der Waals surface area contributed by atoms with Gasteiger partial charge in [0.1, 0.15) is 4.90 Å². The number of fused-ring (bicyclic) bond motifs is 1. The molecule has 8 heteroatoms. The molecule has 0 saturated heterocycles. The van der Waals surface area contributed by atoms with Gasteiger partial charge in [0.05, 0.1) is 23.5 Å². The highest BCUT2D eigenvalue weighted by atomic mass is 32.2. The summed E-state index contributed by atoms with van der Waals surface area (Å²) in [7, 11) is -3.89. The maximum absolute atomic E-state index is 12.6. The molecule has 2 aromatic rings. The topological polar surface area (TPSA) is 96.3 Å². The molecule has 0 unspecified atom stereocenters. The number of terminal acetylenes is 2. The molecule has 1 aromatic heterocycles. The maximum atomic E-state index is 12.6. The third kappa shape index (κ3) is 2.66. The smallest absolute Gasteiger partial charge is 0.271 e. The van der Waals surface area contributed by atoms with Gasteiger partial charge in [-0.25, -0.2) is 8.42 Å². The minimum atomic E-state index is -3.89. The molecule has 2 rings (SSSR count). The van der Waals surface area contributed by atoms with Gasteiger partial charge in [-0.2, -0.15) is 4.31 Å². The lowest BCUT2D eigenvalue weighted by molar-refractivity contribution is -0.384. The Balaban J connectivity index is 2.57. The van der Waals surface area contributed by atoms with Gasteiger partial charge >= 0.3 is 0 Å². The number of nitrogens with one attached hydrogen (secondary N) is 1. The number of benzene rings is 1. The number of nitrogens with zero attached hydrogens (tertiary/aromatic N) is 2. The number of non-ortho nitro benzene ring substituents is 1. The first-order valence-corrected chi connectivity index (χ1v) is 7.48. The molecule has 0 bridgehead atoms. The van der Waals surface area contributed by atoms with Crippen molar-refractivity contribution >= 4 is 26.6 Å². The van der Waals surface area contributed by atoms with E-state index in [1.165, 1.54) is 24.4 Å². The Bertz CT molecular complexity index is 900. The molecule has 0 spiro atoms. The van der Waals surface area contributed by atoms with E-state index in [-0.39, 0.29) is 23.7 Å². The van der Waals surface area contributed by atoms with Gasteiger partial charge in [0.25, 0.3) is 5.69 Å². The molecule has 7 nitrogen and oxygen atoms in total. The molecule has 0 fully saturated rings. The minimum Gasteiger partial charge on any atom is -0.360 e. The summed E-state index contributed by atoms with van der Waals surface area (Å²) in [6.07, 6.45) is 11.6. The maximum Gasteiger partial charge on any atom is 0.271 e. The average Bonchev–Trinajstić information content (AvgIpc) is 2.90. The number of nitro groups is 1. The summed E-state index contributed by atoms with van der Waals surface area (Å²) in [6, 6.07) is 3.88. The van der Waals surface area contributed by atoms with Crippen molar-refractivity contribution in [2.45, 2.75) is 4.90 Å². The van der Waals surface area contributed by atoms with Crippen LogP contribution in [-0.4, -0.2) is 35.7 Å². The number of aromatic nitrogens is 1. The van der Waals surface area contributed by atoms with E-state index >= 15 is 0 Å². The van der Waals surface area contributed by atoms with Crippen LogP contribution < -0.4 is 0 Å². The van der Waals surface area contributed by atoms with E-state index in [0.29, 0.717) is 10.9 Å². The van der Waals surface area contributed by atoms with Gasteiger partial charge in [-0.3, -0.25) is 10.1 Å². The molecule has 0 aliphatic rings. The van der Waals surface area contributed by atoms with Gasteiger partial charge in [0.15, 0.2) is 0 Å². The summed E-state index contributed by atoms with van der Waals surface area (Å²) in [5.41, 5.74) is 0.205. The lowest BCUT2D eigenvalue weighted by Crippen LogP contribution is -2.31. The van der Waals surface area contributed by atoms with Gasteiger partial charge in [-0.15, -0.1) is 12.8 Å². The van der Waals surface area contributed by atoms with Crippen LogP contribution in [0.1, 0.15) is 0 Å². The fourth-order valence-corrected chi connectivity index (χ4v) is 3.41. The molecule has 0 aliphatic heterocycles. The largest absolute Gasteiger partial charge is 0.360 e. The molecule has 0 amide bonds. The summed E-state index contributed by atoms with van der Waals surface area (Å²) in [6.45, 7) is -0.321. The zero-order valence-corrected chi connectivity index (χ0v) is 12.1. The van der Waals surface area contributed by atoms with Gasteiger partial charge in [-0.1, -0.05) is 11.8 Å². The number of nitro benzene ring substituents is 1. The number of hydrogen-bond donors (Lipinski definition) is 1. The summed E-state index contributed by atoms with van der Waals surface area (Å²) >= 11 is 0. The third-order valence-electron chi connectivity index (χ3n) is 2.99. The van der Waals surface area contributed by atoms with E-state index in [0.717, 1.165) is 4.31 Å². The van der Waals surface area contributed by atoms with Crippen molar-refractivity contribution in [1.29, 1.82) is 0 Å². The van der Waals surface area contributed by atoms with E-state index in [2.05, 4.69) is 16.8 Å². The van der Waals surface area contributed by atoms with Crippen molar-refractivity contribution < 1.29 is 13.3 Å². The Kier molecular flexibility index (Phi) is 4.18. The van der Waals surface area contributed by atoms with Crippen LogP contribution in [-0.2, 0) is 10.0 Å². The zero-order valence-electron chi connectivity index (χ0n) is 11.3. The fraction of sp³-hybridized carbons (Fsp3) is 0.143.